The Hall–Kier alpha value is -2.74. The number of benzene rings is 1. The number of carboxylic acid groups (broad SMARTS) is 2. The third kappa shape index (κ3) is 12.7. The highest BCUT2D eigenvalue weighted by Gasteiger charge is 2.36. The molecule has 3 atom stereocenters. The number of nitrogens with zero attached hydrogens (tertiary/aromatic N) is 3. The highest BCUT2D eigenvalue weighted by atomic mass is 79.9. The lowest BCUT2D eigenvalue weighted by Gasteiger charge is -2.30. The maximum absolute atomic E-state index is 14.5. The average Bonchev–Trinajstić information content (AvgIpc) is 3.63. The molecule has 0 saturated carbocycles. The second-order valence-electron chi connectivity index (χ2n) is 10.1. The Balaban J connectivity index is 0.000000765. The van der Waals surface area contributed by atoms with Crippen LogP contribution in [0.1, 0.15) is 77.4 Å². The first-order valence-corrected chi connectivity index (χ1v) is 16.4. The van der Waals surface area contributed by atoms with Crippen molar-refractivity contribution in [3.8, 4) is 0 Å². The van der Waals surface area contributed by atoms with Crippen molar-refractivity contribution in [2.45, 2.75) is 79.1 Å². The van der Waals surface area contributed by atoms with E-state index in [1.807, 2.05) is 31.1 Å². The first-order chi connectivity index (χ1) is 21.0. The van der Waals surface area contributed by atoms with Gasteiger partial charge < -0.3 is 20.3 Å². The van der Waals surface area contributed by atoms with Crippen LogP contribution in [0.2, 0.25) is 0 Å². The molecule has 2 unspecified atom stereocenters. The molecule has 246 valence electrons. The van der Waals surface area contributed by atoms with Crippen molar-refractivity contribution >= 4 is 45.5 Å². The highest BCUT2D eigenvalue weighted by Crippen LogP contribution is 2.38. The number of aliphatic imine (C=N–C) groups is 1. The summed E-state index contributed by atoms with van der Waals surface area (Å²) in [6, 6.07) is 4.19. The number of aromatic nitrogens is 1. The molecule has 0 bridgehead atoms. The van der Waals surface area contributed by atoms with Crippen molar-refractivity contribution in [3.05, 3.63) is 61.9 Å². The molecule has 13 heteroatoms. The number of aliphatic carboxylic acids is 1. The van der Waals surface area contributed by atoms with Gasteiger partial charge >= 0.3 is 5.97 Å². The summed E-state index contributed by atoms with van der Waals surface area (Å²) >= 11 is 4.92. The lowest BCUT2D eigenvalue weighted by Crippen LogP contribution is -2.37. The van der Waals surface area contributed by atoms with E-state index < -0.39 is 24.9 Å². The zero-order valence-electron chi connectivity index (χ0n) is 26.2. The minimum Gasteiger partial charge on any atom is -0.483 e. The lowest BCUT2D eigenvalue weighted by atomic mass is 9.93. The second-order valence-corrected chi connectivity index (χ2v) is 11.9. The molecule has 9 nitrogen and oxygen atoms in total. The molecule has 1 aromatic heterocycles. The van der Waals surface area contributed by atoms with E-state index in [1.54, 1.807) is 12.3 Å². The molecular formula is C31H45BrF2N4O5S. The van der Waals surface area contributed by atoms with E-state index >= 15 is 0 Å². The number of carbonyl (C=O) groups is 2. The standard InChI is InChI=1S/C22H23BrF2N4O3S.C6H14.C2H6.CH2O2/c1-2-13-17(9-29-8-16(25)18(10-29)32-11-19(30)31)27-21(22-26-5-6-33-22)28-20(13)14-4-3-12(24)7-15(14)23;1-4-5-6(2)3;1-2;2-1-3/h3-7,16,18,20H,2,8-11H2,1H3,(H,27,28)(H,30,31);6H,4-5H2,1-3H3;1-2H3;1H,(H,2,3)/t16?,18?,20-;;;/m1.../s1. The lowest BCUT2D eigenvalue weighted by molar-refractivity contribution is -0.145. The molecule has 0 amide bonds. The predicted molar refractivity (Wildman–Crippen MR) is 174 cm³/mol. The fourth-order valence-corrected chi connectivity index (χ4v) is 5.83. The Bertz CT molecular complexity index is 1210. The summed E-state index contributed by atoms with van der Waals surface area (Å²) in [5.41, 5.74) is 2.71. The summed E-state index contributed by atoms with van der Waals surface area (Å²) in [7, 11) is 0. The fraction of sp³-hybridized carbons (Fsp3) is 0.548. The predicted octanol–water partition coefficient (Wildman–Crippen LogP) is 7.09. The minimum absolute atomic E-state index is 0.140. The zero-order chi connectivity index (χ0) is 33.2. The van der Waals surface area contributed by atoms with E-state index in [4.69, 9.17) is 24.7 Å². The van der Waals surface area contributed by atoms with Gasteiger partial charge in [0.1, 0.15) is 30.7 Å². The number of halogens is 3. The maximum atomic E-state index is 14.5. The van der Waals surface area contributed by atoms with Gasteiger partial charge in [0, 0.05) is 41.4 Å². The molecule has 0 spiro atoms. The van der Waals surface area contributed by atoms with Gasteiger partial charge in [-0.3, -0.25) is 14.7 Å². The molecule has 4 rings (SSSR count). The van der Waals surface area contributed by atoms with Gasteiger partial charge in [-0.15, -0.1) is 11.3 Å². The van der Waals surface area contributed by atoms with E-state index in [9.17, 15) is 13.6 Å². The highest BCUT2D eigenvalue weighted by molar-refractivity contribution is 9.10. The number of nitrogens with one attached hydrogen (secondary N) is 1. The number of amidine groups is 1. The SMILES string of the molecule is CC.CCC1=C(CN2CC(F)C(OCC(=O)O)C2)NC(c2nccs2)=N[C@H]1c1ccc(F)cc1Br.CCCC(C)C.O=CO. The average molecular weight is 704 g/mol. The number of alkyl halides is 1. The molecule has 2 aromatic rings. The summed E-state index contributed by atoms with van der Waals surface area (Å²) in [6.45, 7) is 12.8. The van der Waals surface area contributed by atoms with E-state index in [0.29, 0.717) is 23.3 Å². The fourth-order valence-electron chi connectivity index (χ4n) is 4.68. The Morgan fingerprint density at radius 1 is 1.30 bits per heavy atom. The monoisotopic (exact) mass is 702 g/mol. The zero-order valence-corrected chi connectivity index (χ0v) is 28.6. The van der Waals surface area contributed by atoms with Gasteiger partial charge in [0.25, 0.3) is 6.47 Å². The topological polar surface area (TPSA) is 124 Å². The van der Waals surface area contributed by atoms with E-state index in [-0.39, 0.29) is 31.4 Å². The Kier molecular flexibility index (Phi) is 18.8. The summed E-state index contributed by atoms with van der Waals surface area (Å²) in [5, 5.41) is 21.7. The molecule has 1 saturated heterocycles. The largest absolute Gasteiger partial charge is 0.483 e. The second kappa shape index (κ2) is 21.1. The molecule has 2 aliphatic rings. The summed E-state index contributed by atoms with van der Waals surface area (Å²) in [6.07, 6.45) is 3.02. The van der Waals surface area contributed by atoms with Crippen LogP contribution in [0.3, 0.4) is 0 Å². The molecule has 3 N–H and O–H groups in total. The van der Waals surface area contributed by atoms with E-state index in [1.165, 1.54) is 36.3 Å². The Morgan fingerprint density at radius 2 is 1.98 bits per heavy atom. The Labute approximate surface area is 271 Å². The van der Waals surface area contributed by atoms with Crippen LogP contribution >= 0.6 is 27.3 Å². The first-order valence-electron chi connectivity index (χ1n) is 14.7. The van der Waals surface area contributed by atoms with Crippen molar-refractivity contribution in [3.63, 3.8) is 0 Å². The smallest absolute Gasteiger partial charge is 0.329 e. The van der Waals surface area contributed by atoms with Crippen molar-refractivity contribution in [2.24, 2.45) is 10.9 Å². The number of ether oxygens (including phenoxy) is 1. The molecule has 1 fully saturated rings. The van der Waals surface area contributed by atoms with E-state index in [0.717, 1.165) is 27.8 Å². The van der Waals surface area contributed by atoms with Crippen molar-refractivity contribution < 1.29 is 33.3 Å². The van der Waals surface area contributed by atoms with Crippen LogP contribution < -0.4 is 5.32 Å². The van der Waals surface area contributed by atoms with Crippen molar-refractivity contribution in [2.75, 3.05) is 26.2 Å². The van der Waals surface area contributed by atoms with Crippen LogP contribution in [0.4, 0.5) is 8.78 Å². The quantitative estimate of drug-likeness (QED) is 0.224. The van der Waals surface area contributed by atoms with Gasteiger partial charge in [0.15, 0.2) is 10.8 Å². The van der Waals surface area contributed by atoms with Crippen LogP contribution in [0.25, 0.3) is 0 Å². The molecule has 3 heterocycles. The normalized spacial score (nSPS) is 19.4. The Morgan fingerprint density at radius 3 is 2.48 bits per heavy atom. The van der Waals surface area contributed by atoms with Gasteiger partial charge in [0.05, 0.1) is 0 Å². The molecule has 0 radical (unpaired) electrons. The molecule has 1 aromatic carbocycles. The first kappa shape index (κ1) is 39.3. The van der Waals surface area contributed by atoms with Crippen molar-refractivity contribution in [1.29, 1.82) is 0 Å². The third-order valence-corrected chi connectivity index (χ3v) is 7.93. The third-order valence-electron chi connectivity index (χ3n) is 6.46. The van der Waals surface area contributed by atoms with Crippen LogP contribution in [0.15, 0.2) is 50.5 Å². The molecule has 0 aliphatic carbocycles. The number of hydrogen-bond donors (Lipinski definition) is 3. The number of likely N-dealkylation sites (tertiary alicyclic amines) is 1. The summed E-state index contributed by atoms with van der Waals surface area (Å²) in [4.78, 5) is 30.3. The van der Waals surface area contributed by atoms with Crippen molar-refractivity contribution in [1.82, 2.24) is 15.2 Å². The van der Waals surface area contributed by atoms with Gasteiger partial charge in [0.2, 0.25) is 0 Å². The van der Waals surface area contributed by atoms with Gasteiger partial charge in [-0.25, -0.2) is 18.6 Å². The van der Waals surface area contributed by atoms with Crippen LogP contribution in [0, 0.1) is 11.7 Å². The van der Waals surface area contributed by atoms with Crippen LogP contribution in [-0.2, 0) is 14.3 Å². The number of rotatable bonds is 10. The number of carboxylic acids is 1. The van der Waals surface area contributed by atoms with Gasteiger partial charge in [-0.05, 0) is 35.6 Å². The van der Waals surface area contributed by atoms with Gasteiger partial charge in [-0.1, -0.05) is 76.4 Å². The van der Waals surface area contributed by atoms with E-state index in [2.05, 4.69) is 47.0 Å². The van der Waals surface area contributed by atoms with Gasteiger partial charge in [-0.2, -0.15) is 0 Å². The van der Waals surface area contributed by atoms with Crippen LogP contribution in [0.5, 0.6) is 0 Å². The summed E-state index contributed by atoms with van der Waals surface area (Å²) < 4.78 is 34.1. The molecule has 2 aliphatic heterocycles. The number of hydrogen-bond acceptors (Lipinski definition) is 8. The number of thiazole rings is 1. The molecular weight excluding hydrogens is 658 g/mol. The summed E-state index contributed by atoms with van der Waals surface area (Å²) in [5.74, 6) is 0.0371. The molecule has 44 heavy (non-hydrogen) atoms. The minimum atomic E-state index is -1.27. The van der Waals surface area contributed by atoms with Crippen LogP contribution in [-0.4, -0.2) is 76.9 Å². The maximum Gasteiger partial charge on any atom is 0.329 e.